The number of benzene rings is 2. The van der Waals surface area contributed by atoms with Crippen molar-refractivity contribution in [3.63, 3.8) is 0 Å². The monoisotopic (exact) mass is 343 g/mol. The Morgan fingerprint density at radius 3 is 2.58 bits per heavy atom. The second-order valence-corrected chi connectivity index (χ2v) is 6.67. The molecule has 3 aromatic rings. The van der Waals surface area contributed by atoms with Gasteiger partial charge in [0.2, 0.25) is 0 Å². The van der Waals surface area contributed by atoms with E-state index in [9.17, 15) is 9.50 Å². The summed E-state index contributed by atoms with van der Waals surface area (Å²) in [6, 6.07) is 13.6. The number of nitrogens with one attached hydrogen (secondary N) is 1. The summed E-state index contributed by atoms with van der Waals surface area (Å²) in [5.74, 6) is -0.0361. The summed E-state index contributed by atoms with van der Waals surface area (Å²) in [5.41, 5.74) is 1.73. The molecule has 2 atom stereocenters. The molecule has 2 N–H and O–H groups in total. The number of nitrogens with zero attached hydrogens (tertiary/aromatic N) is 2. The lowest BCUT2D eigenvalue weighted by molar-refractivity contribution is 0.465. The van der Waals surface area contributed by atoms with Gasteiger partial charge in [-0.1, -0.05) is 35.6 Å². The molecule has 0 spiro atoms. The maximum absolute atomic E-state index is 13.3. The molecule has 0 radical (unpaired) electrons. The fourth-order valence-electron chi connectivity index (χ4n) is 2.48. The van der Waals surface area contributed by atoms with Gasteiger partial charge in [0.25, 0.3) is 0 Å². The summed E-state index contributed by atoms with van der Waals surface area (Å²) >= 11 is 1.44. The van der Waals surface area contributed by atoms with E-state index in [1.54, 1.807) is 18.2 Å². The summed E-state index contributed by atoms with van der Waals surface area (Å²) in [6.45, 7) is 4.04. The number of phenols is 1. The number of rotatable bonds is 5. The third-order valence-electron chi connectivity index (χ3n) is 3.75. The van der Waals surface area contributed by atoms with Gasteiger partial charge in [0.15, 0.2) is 0 Å². The molecule has 4 nitrogen and oxygen atoms in total. The summed E-state index contributed by atoms with van der Waals surface area (Å²) in [5, 5.41) is 22.9. The number of hydrogen-bond acceptors (Lipinski definition) is 5. The molecule has 0 fully saturated rings. The molecule has 6 heteroatoms. The molecule has 0 aliphatic carbocycles. The van der Waals surface area contributed by atoms with Crippen LogP contribution in [-0.2, 0) is 0 Å². The van der Waals surface area contributed by atoms with Gasteiger partial charge < -0.3 is 10.4 Å². The molecule has 2 aromatic carbocycles. The standard InChI is InChI=1S/C18H18FN3OS/c1-11(13-5-4-8-16(23)10-13)20-12(2)17-21-22-18(24-17)14-6-3-7-15(19)9-14/h3-12,20,23H,1-2H3/t11-,12+/m1/s1. The third kappa shape index (κ3) is 3.77. The molecular formula is C18H18FN3OS. The third-order valence-corrected chi connectivity index (χ3v) is 4.91. The maximum atomic E-state index is 13.3. The SMILES string of the molecule is C[C@H](N[C@H](C)c1cccc(O)c1)c1nnc(-c2cccc(F)c2)s1. The van der Waals surface area contributed by atoms with Crippen molar-refractivity contribution in [1.82, 2.24) is 15.5 Å². The lowest BCUT2D eigenvalue weighted by atomic mass is 10.1. The van der Waals surface area contributed by atoms with Gasteiger partial charge in [-0.05, 0) is 43.7 Å². The highest BCUT2D eigenvalue weighted by Crippen LogP contribution is 2.28. The molecule has 0 aliphatic rings. The Hall–Kier alpha value is -2.31. The van der Waals surface area contributed by atoms with E-state index in [4.69, 9.17) is 0 Å². The normalized spacial score (nSPS) is 13.6. The van der Waals surface area contributed by atoms with Gasteiger partial charge in [0.05, 0.1) is 6.04 Å². The van der Waals surface area contributed by atoms with E-state index in [0.717, 1.165) is 16.1 Å². The predicted molar refractivity (Wildman–Crippen MR) is 93.4 cm³/mol. The summed E-state index contributed by atoms with van der Waals surface area (Å²) < 4.78 is 13.3. The predicted octanol–water partition coefficient (Wildman–Crippen LogP) is 4.46. The maximum Gasteiger partial charge on any atom is 0.147 e. The van der Waals surface area contributed by atoms with E-state index < -0.39 is 0 Å². The summed E-state index contributed by atoms with van der Waals surface area (Å²) in [6.07, 6.45) is 0. The molecule has 1 heterocycles. The highest BCUT2D eigenvalue weighted by atomic mass is 32.1. The summed E-state index contributed by atoms with van der Waals surface area (Å²) in [7, 11) is 0. The van der Waals surface area contributed by atoms with Crippen LogP contribution in [0.25, 0.3) is 10.6 Å². The Bertz CT molecular complexity index is 836. The zero-order valence-corrected chi connectivity index (χ0v) is 14.2. The highest BCUT2D eigenvalue weighted by Gasteiger charge is 2.16. The van der Waals surface area contributed by atoms with E-state index >= 15 is 0 Å². The van der Waals surface area contributed by atoms with Gasteiger partial charge in [-0.25, -0.2) is 4.39 Å². The second-order valence-electron chi connectivity index (χ2n) is 5.66. The molecule has 1 aromatic heterocycles. The highest BCUT2D eigenvalue weighted by molar-refractivity contribution is 7.14. The van der Waals surface area contributed by atoms with Crippen molar-refractivity contribution in [3.8, 4) is 16.3 Å². The topological polar surface area (TPSA) is 58.0 Å². The van der Waals surface area contributed by atoms with Crippen LogP contribution in [-0.4, -0.2) is 15.3 Å². The van der Waals surface area contributed by atoms with Gasteiger partial charge in [0.1, 0.15) is 21.6 Å². The van der Waals surface area contributed by atoms with Crippen LogP contribution in [0.3, 0.4) is 0 Å². The van der Waals surface area contributed by atoms with Gasteiger partial charge in [-0.3, -0.25) is 0 Å². The minimum atomic E-state index is -0.284. The van der Waals surface area contributed by atoms with Crippen molar-refractivity contribution in [2.24, 2.45) is 0 Å². The fourth-order valence-corrected chi connectivity index (χ4v) is 3.34. The van der Waals surface area contributed by atoms with Crippen molar-refractivity contribution >= 4 is 11.3 Å². The first kappa shape index (κ1) is 16.5. The molecule has 24 heavy (non-hydrogen) atoms. The van der Waals surface area contributed by atoms with Crippen LogP contribution < -0.4 is 5.32 Å². The minimum Gasteiger partial charge on any atom is -0.508 e. The zero-order chi connectivity index (χ0) is 17.1. The number of hydrogen-bond donors (Lipinski definition) is 2. The van der Waals surface area contributed by atoms with Crippen LogP contribution in [0.1, 0.15) is 36.5 Å². The van der Waals surface area contributed by atoms with Gasteiger partial charge in [0, 0.05) is 11.6 Å². The van der Waals surface area contributed by atoms with Gasteiger partial charge >= 0.3 is 0 Å². The number of aromatic nitrogens is 2. The molecule has 0 saturated carbocycles. The zero-order valence-electron chi connectivity index (χ0n) is 13.4. The summed E-state index contributed by atoms with van der Waals surface area (Å²) in [4.78, 5) is 0. The second kappa shape index (κ2) is 7.07. The fraction of sp³-hybridized carbons (Fsp3) is 0.222. The average Bonchev–Trinajstić information content (AvgIpc) is 3.05. The van der Waals surface area contributed by atoms with Crippen LogP contribution in [0.4, 0.5) is 4.39 Å². The molecule has 0 amide bonds. The van der Waals surface area contributed by atoms with Crippen molar-refractivity contribution < 1.29 is 9.50 Å². The first-order valence-electron chi connectivity index (χ1n) is 7.67. The van der Waals surface area contributed by atoms with E-state index in [1.165, 1.54) is 23.5 Å². The quantitative estimate of drug-likeness (QED) is 0.718. The van der Waals surface area contributed by atoms with Crippen LogP contribution in [0.5, 0.6) is 5.75 Å². The van der Waals surface area contributed by atoms with E-state index in [-0.39, 0.29) is 23.7 Å². The van der Waals surface area contributed by atoms with Crippen molar-refractivity contribution in [2.45, 2.75) is 25.9 Å². The van der Waals surface area contributed by atoms with Crippen LogP contribution in [0, 0.1) is 5.82 Å². The Labute approximate surface area is 144 Å². The van der Waals surface area contributed by atoms with Crippen LogP contribution in [0.15, 0.2) is 48.5 Å². The van der Waals surface area contributed by atoms with Gasteiger partial charge in [-0.15, -0.1) is 10.2 Å². The molecule has 3 rings (SSSR count). The van der Waals surface area contributed by atoms with Crippen LogP contribution >= 0.6 is 11.3 Å². The van der Waals surface area contributed by atoms with Crippen LogP contribution in [0.2, 0.25) is 0 Å². The number of aromatic hydroxyl groups is 1. The molecule has 0 bridgehead atoms. The Kier molecular flexibility index (Phi) is 4.87. The van der Waals surface area contributed by atoms with Crippen molar-refractivity contribution in [1.29, 1.82) is 0 Å². The first-order chi connectivity index (χ1) is 11.5. The van der Waals surface area contributed by atoms with E-state index in [1.807, 2.05) is 32.0 Å². The van der Waals surface area contributed by atoms with Crippen molar-refractivity contribution in [3.05, 3.63) is 64.9 Å². The molecule has 0 unspecified atom stereocenters. The molecule has 124 valence electrons. The Balaban J connectivity index is 1.73. The molecule has 0 aliphatic heterocycles. The largest absolute Gasteiger partial charge is 0.508 e. The number of halogens is 1. The lowest BCUT2D eigenvalue weighted by Crippen LogP contribution is -2.22. The first-order valence-corrected chi connectivity index (χ1v) is 8.49. The van der Waals surface area contributed by atoms with E-state index in [2.05, 4.69) is 15.5 Å². The minimum absolute atomic E-state index is 0.0119. The Morgan fingerprint density at radius 1 is 1.04 bits per heavy atom. The van der Waals surface area contributed by atoms with Crippen molar-refractivity contribution in [2.75, 3.05) is 0 Å². The molecule has 0 saturated heterocycles. The number of phenolic OH excluding ortho intramolecular Hbond substituents is 1. The lowest BCUT2D eigenvalue weighted by Gasteiger charge is -2.18. The van der Waals surface area contributed by atoms with E-state index in [0.29, 0.717) is 5.01 Å². The average molecular weight is 343 g/mol. The van der Waals surface area contributed by atoms with Gasteiger partial charge in [-0.2, -0.15) is 0 Å². The Morgan fingerprint density at radius 2 is 1.83 bits per heavy atom. The molecular weight excluding hydrogens is 325 g/mol. The smallest absolute Gasteiger partial charge is 0.147 e.